The molecular weight excluding hydrogens is 368 g/mol. The Morgan fingerprint density at radius 3 is 2.31 bits per heavy atom. The molecule has 29 heavy (non-hydrogen) atoms. The molecule has 2 N–H and O–H groups in total. The van der Waals surface area contributed by atoms with Crippen molar-refractivity contribution in [1.82, 2.24) is 20.2 Å². The number of carbonyl (C=O) groups excluding carboxylic acids is 3. The summed E-state index contributed by atoms with van der Waals surface area (Å²) < 4.78 is 0. The Balaban J connectivity index is 1.34. The van der Waals surface area contributed by atoms with E-state index in [1.54, 1.807) is 30.5 Å². The van der Waals surface area contributed by atoms with Gasteiger partial charge in [0.2, 0.25) is 5.91 Å². The number of imide groups is 1. The van der Waals surface area contributed by atoms with Crippen molar-refractivity contribution in [2.24, 2.45) is 0 Å². The second-order valence-electron chi connectivity index (χ2n) is 6.89. The third kappa shape index (κ3) is 3.67. The van der Waals surface area contributed by atoms with Crippen LogP contribution in [0.2, 0.25) is 0 Å². The van der Waals surface area contributed by atoms with Crippen LogP contribution in [0.4, 0.5) is 0 Å². The molecule has 0 saturated heterocycles. The molecular formula is C22H20N4O3. The summed E-state index contributed by atoms with van der Waals surface area (Å²) in [7, 11) is 0. The molecule has 0 saturated carbocycles. The van der Waals surface area contributed by atoms with Gasteiger partial charge >= 0.3 is 0 Å². The summed E-state index contributed by atoms with van der Waals surface area (Å²) in [5.74, 6) is -0.334. The number of hydrogen-bond donors (Lipinski definition) is 2. The lowest BCUT2D eigenvalue weighted by Gasteiger charge is -2.15. The highest BCUT2D eigenvalue weighted by Gasteiger charge is 2.35. The highest BCUT2D eigenvalue weighted by Crippen LogP contribution is 2.23. The van der Waals surface area contributed by atoms with Crippen molar-refractivity contribution in [3.63, 3.8) is 0 Å². The summed E-state index contributed by atoms with van der Waals surface area (Å²) in [4.78, 5) is 45.7. The van der Waals surface area contributed by atoms with Gasteiger partial charge in [-0.2, -0.15) is 0 Å². The predicted octanol–water partition coefficient (Wildman–Crippen LogP) is 2.94. The number of nitrogens with zero attached hydrogens (tertiary/aromatic N) is 2. The summed E-state index contributed by atoms with van der Waals surface area (Å²) in [6.07, 6.45) is 1.76. The number of amides is 3. The van der Waals surface area contributed by atoms with E-state index >= 15 is 0 Å². The van der Waals surface area contributed by atoms with Crippen molar-refractivity contribution >= 4 is 17.7 Å². The molecule has 7 heteroatoms. The molecule has 1 aromatic heterocycles. The Bertz CT molecular complexity index is 1040. The molecule has 3 aromatic rings. The van der Waals surface area contributed by atoms with E-state index in [1.807, 2.05) is 37.3 Å². The molecule has 2 aromatic carbocycles. The van der Waals surface area contributed by atoms with E-state index in [-0.39, 0.29) is 36.7 Å². The molecule has 2 heterocycles. The number of aromatic nitrogens is 2. The average molecular weight is 388 g/mol. The molecule has 146 valence electrons. The summed E-state index contributed by atoms with van der Waals surface area (Å²) in [5, 5.41) is 2.85. The van der Waals surface area contributed by atoms with Crippen LogP contribution in [0.15, 0.2) is 60.8 Å². The normalized spacial score (nSPS) is 14.0. The van der Waals surface area contributed by atoms with Crippen LogP contribution in [0, 0.1) is 0 Å². The standard InChI is InChI=1S/C22H20N4O3/c1-14(20-23-13-18(25-20)15-7-3-2-4-8-15)24-19(27)11-12-26-21(28)16-9-5-6-10-17(16)22(26)29/h2-10,13-14H,11-12H2,1H3,(H,23,25)(H,24,27)/t14-/m0/s1. The number of hydrogen-bond acceptors (Lipinski definition) is 4. The fourth-order valence-electron chi connectivity index (χ4n) is 3.36. The van der Waals surface area contributed by atoms with Gasteiger partial charge < -0.3 is 10.3 Å². The van der Waals surface area contributed by atoms with E-state index in [1.165, 1.54) is 0 Å². The molecule has 0 fully saturated rings. The molecule has 0 bridgehead atoms. The summed E-state index contributed by atoms with van der Waals surface area (Å²) in [6.45, 7) is 1.87. The quantitative estimate of drug-likeness (QED) is 0.635. The Morgan fingerprint density at radius 2 is 1.66 bits per heavy atom. The van der Waals surface area contributed by atoms with Crippen molar-refractivity contribution in [2.45, 2.75) is 19.4 Å². The fraction of sp³-hybridized carbons (Fsp3) is 0.182. The van der Waals surface area contributed by atoms with Crippen LogP contribution in [0.5, 0.6) is 0 Å². The van der Waals surface area contributed by atoms with Gasteiger partial charge in [0.05, 0.1) is 29.1 Å². The predicted molar refractivity (Wildman–Crippen MR) is 107 cm³/mol. The monoisotopic (exact) mass is 388 g/mol. The molecule has 1 atom stereocenters. The van der Waals surface area contributed by atoms with Gasteiger partial charge in [0, 0.05) is 13.0 Å². The SMILES string of the molecule is C[C@H](NC(=O)CCN1C(=O)c2ccccc2C1=O)c1ncc(-c2ccccc2)[nH]1. The Hall–Kier alpha value is -3.74. The van der Waals surface area contributed by atoms with Gasteiger partial charge in [-0.05, 0) is 24.6 Å². The minimum absolute atomic E-state index is 0.0298. The Labute approximate surface area is 167 Å². The van der Waals surface area contributed by atoms with E-state index in [9.17, 15) is 14.4 Å². The molecule has 1 aliphatic heterocycles. The summed E-state index contributed by atoms with van der Waals surface area (Å²) in [5.41, 5.74) is 2.65. The van der Waals surface area contributed by atoms with Crippen LogP contribution in [-0.4, -0.2) is 39.1 Å². The molecule has 3 amide bonds. The molecule has 0 unspecified atom stereocenters. The number of benzene rings is 2. The van der Waals surface area contributed by atoms with E-state index in [2.05, 4.69) is 15.3 Å². The highest BCUT2D eigenvalue weighted by atomic mass is 16.2. The van der Waals surface area contributed by atoms with E-state index in [4.69, 9.17) is 0 Å². The molecule has 0 spiro atoms. The number of aromatic amines is 1. The van der Waals surface area contributed by atoms with Crippen molar-refractivity contribution in [1.29, 1.82) is 0 Å². The van der Waals surface area contributed by atoms with Gasteiger partial charge in [-0.3, -0.25) is 19.3 Å². The minimum atomic E-state index is -0.356. The Morgan fingerprint density at radius 1 is 1.03 bits per heavy atom. The van der Waals surface area contributed by atoms with Gasteiger partial charge in [0.15, 0.2) is 0 Å². The maximum absolute atomic E-state index is 12.4. The van der Waals surface area contributed by atoms with Crippen LogP contribution in [0.25, 0.3) is 11.3 Å². The summed E-state index contributed by atoms with van der Waals surface area (Å²) >= 11 is 0. The van der Waals surface area contributed by atoms with Gasteiger partial charge in [-0.25, -0.2) is 4.98 Å². The first-order chi connectivity index (χ1) is 14.0. The van der Waals surface area contributed by atoms with Gasteiger partial charge in [-0.15, -0.1) is 0 Å². The van der Waals surface area contributed by atoms with E-state index < -0.39 is 0 Å². The largest absolute Gasteiger partial charge is 0.346 e. The minimum Gasteiger partial charge on any atom is -0.346 e. The number of imidazole rings is 1. The number of carbonyl (C=O) groups is 3. The number of rotatable bonds is 6. The highest BCUT2D eigenvalue weighted by molar-refractivity contribution is 6.21. The zero-order valence-corrected chi connectivity index (χ0v) is 15.9. The van der Waals surface area contributed by atoms with Crippen molar-refractivity contribution in [2.75, 3.05) is 6.54 Å². The van der Waals surface area contributed by atoms with Gasteiger partial charge in [0.1, 0.15) is 5.82 Å². The zero-order chi connectivity index (χ0) is 20.4. The molecule has 4 rings (SSSR count). The second kappa shape index (κ2) is 7.71. The van der Waals surface area contributed by atoms with Gasteiger partial charge in [0.25, 0.3) is 11.8 Å². The third-order valence-electron chi connectivity index (χ3n) is 4.91. The number of nitrogens with one attached hydrogen (secondary N) is 2. The van der Waals surface area contributed by atoms with Gasteiger partial charge in [-0.1, -0.05) is 42.5 Å². The summed E-state index contributed by atoms with van der Waals surface area (Å²) in [6, 6.07) is 16.1. The fourth-order valence-corrected chi connectivity index (χ4v) is 3.36. The smallest absolute Gasteiger partial charge is 0.261 e. The number of fused-ring (bicyclic) bond motifs is 1. The third-order valence-corrected chi connectivity index (χ3v) is 4.91. The average Bonchev–Trinajstić information content (AvgIpc) is 3.32. The first-order valence-corrected chi connectivity index (χ1v) is 9.39. The number of H-pyrrole nitrogens is 1. The van der Waals surface area contributed by atoms with Crippen LogP contribution < -0.4 is 5.32 Å². The lowest BCUT2D eigenvalue weighted by molar-refractivity contribution is -0.121. The molecule has 0 radical (unpaired) electrons. The van der Waals surface area contributed by atoms with Crippen LogP contribution in [-0.2, 0) is 4.79 Å². The van der Waals surface area contributed by atoms with Crippen molar-refractivity contribution < 1.29 is 14.4 Å². The first-order valence-electron chi connectivity index (χ1n) is 9.39. The van der Waals surface area contributed by atoms with Crippen molar-refractivity contribution in [3.8, 4) is 11.3 Å². The van der Waals surface area contributed by atoms with E-state index in [0.717, 1.165) is 16.2 Å². The zero-order valence-electron chi connectivity index (χ0n) is 15.9. The Kier molecular flexibility index (Phi) is 4.95. The van der Waals surface area contributed by atoms with Crippen LogP contribution in [0.1, 0.15) is 45.9 Å². The maximum Gasteiger partial charge on any atom is 0.261 e. The topological polar surface area (TPSA) is 95.2 Å². The molecule has 0 aliphatic carbocycles. The van der Waals surface area contributed by atoms with E-state index in [0.29, 0.717) is 17.0 Å². The second-order valence-corrected chi connectivity index (χ2v) is 6.89. The maximum atomic E-state index is 12.4. The van der Waals surface area contributed by atoms with Crippen LogP contribution >= 0.6 is 0 Å². The lowest BCUT2D eigenvalue weighted by atomic mass is 10.1. The van der Waals surface area contributed by atoms with Crippen LogP contribution in [0.3, 0.4) is 0 Å². The van der Waals surface area contributed by atoms with Crippen molar-refractivity contribution in [3.05, 3.63) is 77.7 Å². The first kappa shape index (κ1) is 18.6. The molecule has 1 aliphatic rings. The molecule has 7 nitrogen and oxygen atoms in total. The lowest BCUT2D eigenvalue weighted by Crippen LogP contribution is -2.35.